The monoisotopic (exact) mass is 305 g/mol. The van der Waals surface area contributed by atoms with E-state index in [0.717, 1.165) is 36.4 Å². The van der Waals surface area contributed by atoms with Crippen LogP contribution in [0.4, 0.5) is 0 Å². The SMILES string of the molecule is CCCNC(Cc1cccs1)c1cccc(OC)c1OC. The lowest BCUT2D eigenvalue weighted by molar-refractivity contribution is 0.346. The first-order valence-corrected chi connectivity index (χ1v) is 8.14. The van der Waals surface area contributed by atoms with E-state index in [0.29, 0.717) is 0 Å². The van der Waals surface area contributed by atoms with E-state index in [4.69, 9.17) is 9.47 Å². The Morgan fingerprint density at radius 3 is 2.62 bits per heavy atom. The van der Waals surface area contributed by atoms with E-state index in [1.165, 1.54) is 4.88 Å². The van der Waals surface area contributed by atoms with Crippen molar-refractivity contribution < 1.29 is 9.47 Å². The summed E-state index contributed by atoms with van der Waals surface area (Å²) in [5.41, 5.74) is 1.15. The van der Waals surface area contributed by atoms with Crippen LogP contribution in [0.25, 0.3) is 0 Å². The Balaban J connectivity index is 2.31. The molecule has 1 unspecified atom stereocenters. The second-order valence-electron chi connectivity index (χ2n) is 4.87. The summed E-state index contributed by atoms with van der Waals surface area (Å²) in [5.74, 6) is 1.61. The van der Waals surface area contributed by atoms with Gasteiger partial charge in [-0.1, -0.05) is 25.1 Å². The zero-order valence-electron chi connectivity index (χ0n) is 12.9. The Labute approximate surface area is 130 Å². The summed E-state index contributed by atoms with van der Waals surface area (Å²) >= 11 is 1.79. The molecule has 0 bridgehead atoms. The molecule has 0 aliphatic rings. The molecular formula is C17H23NO2S. The minimum absolute atomic E-state index is 0.230. The minimum atomic E-state index is 0.230. The maximum atomic E-state index is 5.59. The van der Waals surface area contributed by atoms with Crippen molar-refractivity contribution in [3.63, 3.8) is 0 Å². The van der Waals surface area contributed by atoms with Gasteiger partial charge in [-0.3, -0.25) is 0 Å². The minimum Gasteiger partial charge on any atom is -0.493 e. The van der Waals surface area contributed by atoms with Gasteiger partial charge in [0, 0.05) is 22.9 Å². The molecule has 4 heteroatoms. The molecule has 1 heterocycles. The predicted octanol–water partition coefficient (Wildman–Crippen LogP) is 4.05. The summed E-state index contributed by atoms with van der Waals surface area (Å²) in [7, 11) is 3.37. The molecule has 114 valence electrons. The second-order valence-corrected chi connectivity index (χ2v) is 5.91. The maximum absolute atomic E-state index is 5.59. The predicted molar refractivity (Wildman–Crippen MR) is 88.6 cm³/mol. The molecule has 1 N–H and O–H groups in total. The van der Waals surface area contributed by atoms with Crippen molar-refractivity contribution >= 4 is 11.3 Å². The number of hydrogen-bond acceptors (Lipinski definition) is 4. The highest BCUT2D eigenvalue weighted by Gasteiger charge is 2.19. The van der Waals surface area contributed by atoms with Crippen LogP contribution in [0.3, 0.4) is 0 Å². The van der Waals surface area contributed by atoms with Crippen LogP contribution in [0.5, 0.6) is 11.5 Å². The normalized spacial score (nSPS) is 12.1. The van der Waals surface area contributed by atoms with Crippen molar-refractivity contribution in [3.8, 4) is 11.5 Å². The summed E-state index contributed by atoms with van der Waals surface area (Å²) in [6.45, 7) is 3.16. The van der Waals surface area contributed by atoms with E-state index in [-0.39, 0.29) is 6.04 Å². The van der Waals surface area contributed by atoms with Gasteiger partial charge in [-0.05, 0) is 30.5 Å². The second kappa shape index (κ2) is 8.05. The van der Waals surface area contributed by atoms with Crippen LogP contribution in [0.15, 0.2) is 35.7 Å². The fourth-order valence-corrected chi connectivity index (χ4v) is 3.18. The molecule has 0 amide bonds. The van der Waals surface area contributed by atoms with Gasteiger partial charge in [0.15, 0.2) is 11.5 Å². The van der Waals surface area contributed by atoms with E-state index in [1.54, 1.807) is 25.6 Å². The highest BCUT2D eigenvalue weighted by molar-refractivity contribution is 7.09. The Morgan fingerprint density at radius 2 is 2.00 bits per heavy atom. The van der Waals surface area contributed by atoms with E-state index in [1.807, 2.05) is 12.1 Å². The number of ether oxygens (including phenoxy) is 2. The van der Waals surface area contributed by atoms with Crippen molar-refractivity contribution in [2.45, 2.75) is 25.8 Å². The molecule has 3 nitrogen and oxygen atoms in total. The number of para-hydroxylation sites is 1. The number of rotatable bonds is 8. The average Bonchev–Trinajstić information content (AvgIpc) is 3.03. The number of hydrogen-bond donors (Lipinski definition) is 1. The molecular weight excluding hydrogens is 282 g/mol. The van der Waals surface area contributed by atoms with Gasteiger partial charge in [0.05, 0.1) is 14.2 Å². The van der Waals surface area contributed by atoms with Crippen LogP contribution in [0.1, 0.15) is 29.8 Å². The third kappa shape index (κ3) is 3.99. The highest BCUT2D eigenvalue weighted by Crippen LogP contribution is 2.36. The van der Waals surface area contributed by atoms with Crippen molar-refractivity contribution in [2.75, 3.05) is 20.8 Å². The summed E-state index contributed by atoms with van der Waals surface area (Å²) in [6.07, 6.45) is 2.06. The van der Waals surface area contributed by atoms with E-state index in [9.17, 15) is 0 Å². The van der Waals surface area contributed by atoms with Gasteiger partial charge >= 0.3 is 0 Å². The Morgan fingerprint density at radius 1 is 1.14 bits per heavy atom. The molecule has 0 spiro atoms. The zero-order valence-corrected chi connectivity index (χ0v) is 13.7. The van der Waals surface area contributed by atoms with Gasteiger partial charge in [-0.15, -0.1) is 11.3 Å². The van der Waals surface area contributed by atoms with Crippen LogP contribution < -0.4 is 14.8 Å². The molecule has 0 aliphatic heterocycles. The topological polar surface area (TPSA) is 30.5 Å². The van der Waals surface area contributed by atoms with Crippen molar-refractivity contribution in [1.29, 1.82) is 0 Å². The van der Waals surface area contributed by atoms with Gasteiger partial charge < -0.3 is 14.8 Å². The van der Waals surface area contributed by atoms with Gasteiger partial charge in [0.1, 0.15) is 0 Å². The van der Waals surface area contributed by atoms with Crippen molar-refractivity contribution in [1.82, 2.24) is 5.32 Å². The van der Waals surface area contributed by atoms with E-state index < -0.39 is 0 Å². The third-order valence-electron chi connectivity index (χ3n) is 3.43. The smallest absolute Gasteiger partial charge is 0.165 e. The first-order valence-electron chi connectivity index (χ1n) is 7.26. The number of benzene rings is 1. The molecule has 1 aromatic heterocycles. The van der Waals surface area contributed by atoms with Crippen molar-refractivity contribution in [2.24, 2.45) is 0 Å². The lowest BCUT2D eigenvalue weighted by Crippen LogP contribution is -2.24. The summed E-state index contributed by atoms with van der Waals surface area (Å²) in [4.78, 5) is 1.37. The molecule has 1 atom stereocenters. The van der Waals surface area contributed by atoms with Crippen LogP contribution in [-0.4, -0.2) is 20.8 Å². The maximum Gasteiger partial charge on any atom is 0.165 e. The van der Waals surface area contributed by atoms with Gasteiger partial charge in [0.2, 0.25) is 0 Å². The molecule has 0 aliphatic carbocycles. The first kappa shape index (κ1) is 15.9. The molecule has 0 radical (unpaired) electrons. The largest absolute Gasteiger partial charge is 0.493 e. The van der Waals surface area contributed by atoms with Gasteiger partial charge in [0.25, 0.3) is 0 Å². The van der Waals surface area contributed by atoms with Crippen LogP contribution in [0.2, 0.25) is 0 Å². The van der Waals surface area contributed by atoms with Crippen LogP contribution in [0, 0.1) is 0 Å². The van der Waals surface area contributed by atoms with Crippen LogP contribution >= 0.6 is 11.3 Å². The number of nitrogens with one attached hydrogen (secondary N) is 1. The summed E-state index contributed by atoms with van der Waals surface area (Å²) < 4.78 is 11.0. The molecule has 0 saturated heterocycles. The standard InChI is InChI=1S/C17H23NO2S/c1-4-10-18-15(12-13-7-6-11-21-13)14-8-5-9-16(19-2)17(14)20-3/h5-9,11,15,18H,4,10,12H2,1-3H3. The number of methoxy groups -OCH3 is 2. The Kier molecular flexibility index (Phi) is 6.08. The lowest BCUT2D eigenvalue weighted by Gasteiger charge is -2.22. The molecule has 0 saturated carbocycles. The Hall–Kier alpha value is -1.52. The first-order chi connectivity index (χ1) is 10.3. The van der Waals surface area contributed by atoms with E-state index >= 15 is 0 Å². The molecule has 0 fully saturated rings. The van der Waals surface area contributed by atoms with Gasteiger partial charge in [-0.2, -0.15) is 0 Å². The third-order valence-corrected chi connectivity index (χ3v) is 4.33. The lowest BCUT2D eigenvalue weighted by atomic mass is 10.0. The zero-order chi connectivity index (χ0) is 15.1. The highest BCUT2D eigenvalue weighted by atomic mass is 32.1. The van der Waals surface area contributed by atoms with Crippen LogP contribution in [-0.2, 0) is 6.42 Å². The molecule has 21 heavy (non-hydrogen) atoms. The summed E-state index contributed by atoms with van der Waals surface area (Å²) in [6, 6.07) is 10.6. The fourth-order valence-electron chi connectivity index (χ4n) is 2.43. The Bertz CT molecular complexity index is 540. The van der Waals surface area contributed by atoms with Gasteiger partial charge in [-0.25, -0.2) is 0 Å². The molecule has 1 aromatic carbocycles. The fraction of sp³-hybridized carbons (Fsp3) is 0.412. The number of thiophene rings is 1. The molecule has 2 rings (SSSR count). The molecule has 2 aromatic rings. The quantitative estimate of drug-likeness (QED) is 0.798. The van der Waals surface area contributed by atoms with Crippen molar-refractivity contribution in [3.05, 3.63) is 46.2 Å². The van der Waals surface area contributed by atoms with E-state index in [2.05, 4.69) is 35.8 Å². The summed E-state index contributed by atoms with van der Waals surface area (Å²) in [5, 5.41) is 5.74. The average molecular weight is 305 g/mol.